The van der Waals surface area contributed by atoms with Gasteiger partial charge in [0.25, 0.3) is 0 Å². The maximum absolute atomic E-state index is 4.71. The van der Waals surface area contributed by atoms with E-state index >= 15 is 0 Å². The van der Waals surface area contributed by atoms with Crippen molar-refractivity contribution >= 4 is 29.9 Å². The SMILES string of the molecule is CCNC(=NCc1cccc(C)n1)NC1CN(C(C)C)CC1C.I. The minimum absolute atomic E-state index is 0. The Morgan fingerprint density at radius 3 is 2.71 bits per heavy atom. The first kappa shape index (κ1) is 21.2. The van der Waals surface area contributed by atoms with Gasteiger partial charge >= 0.3 is 0 Å². The Labute approximate surface area is 163 Å². The predicted molar refractivity (Wildman–Crippen MR) is 112 cm³/mol. The summed E-state index contributed by atoms with van der Waals surface area (Å²) in [5.41, 5.74) is 2.04. The minimum Gasteiger partial charge on any atom is -0.357 e. The molecule has 2 rings (SSSR count). The summed E-state index contributed by atoms with van der Waals surface area (Å²) < 4.78 is 0. The number of nitrogens with zero attached hydrogens (tertiary/aromatic N) is 3. The molecule has 1 aromatic rings. The largest absolute Gasteiger partial charge is 0.357 e. The molecular weight excluding hydrogens is 413 g/mol. The molecule has 0 amide bonds. The topological polar surface area (TPSA) is 52.6 Å². The molecule has 2 atom stereocenters. The van der Waals surface area contributed by atoms with Gasteiger partial charge < -0.3 is 10.6 Å². The molecule has 0 saturated carbocycles. The first-order chi connectivity index (χ1) is 11.0. The van der Waals surface area contributed by atoms with Gasteiger partial charge in [-0.15, -0.1) is 24.0 Å². The highest BCUT2D eigenvalue weighted by atomic mass is 127. The molecule has 1 fully saturated rings. The third-order valence-electron chi connectivity index (χ3n) is 4.38. The third kappa shape index (κ3) is 6.20. The Kier molecular flexibility index (Phi) is 8.97. The Morgan fingerprint density at radius 2 is 2.12 bits per heavy atom. The van der Waals surface area contributed by atoms with E-state index in [1.54, 1.807) is 0 Å². The van der Waals surface area contributed by atoms with Gasteiger partial charge in [-0.1, -0.05) is 13.0 Å². The fraction of sp³-hybridized carbons (Fsp3) is 0.667. The fourth-order valence-electron chi connectivity index (χ4n) is 2.96. The standard InChI is InChI=1S/C18H31N5.HI/c1-6-19-18(20-10-16-9-7-8-15(5)21-16)22-17-12-23(13(2)3)11-14(17)4;/h7-9,13-14,17H,6,10-12H2,1-5H3,(H2,19,20,22);1H. The molecule has 0 spiro atoms. The monoisotopic (exact) mass is 445 g/mol. The molecule has 1 aliphatic rings. The van der Waals surface area contributed by atoms with Crippen LogP contribution in [0.3, 0.4) is 0 Å². The number of guanidine groups is 1. The van der Waals surface area contributed by atoms with Crippen LogP contribution in [0, 0.1) is 12.8 Å². The van der Waals surface area contributed by atoms with E-state index in [0.717, 1.165) is 37.0 Å². The molecule has 2 heterocycles. The van der Waals surface area contributed by atoms with Gasteiger partial charge in [0.05, 0.1) is 12.2 Å². The van der Waals surface area contributed by atoms with Crippen LogP contribution in [0.15, 0.2) is 23.2 Å². The van der Waals surface area contributed by atoms with Gasteiger partial charge in [-0.3, -0.25) is 9.88 Å². The van der Waals surface area contributed by atoms with Crippen molar-refractivity contribution in [2.45, 2.75) is 53.2 Å². The van der Waals surface area contributed by atoms with Crippen LogP contribution in [0.5, 0.6) is 0 Å². The number of hydrogen-bond donors (Lipinski definition) is 2. The molecule has 0 aromatic carbocycles. The van der Waals surface area contributed by atoms with E-state index in [1.165, 1.54) is 0 Å². The Hall–Kier alpha value is -0.890. The maximum atomic E-state index is 4.71. The molecule has 2 unspecified atom stereocenters. The second-order valence-electron chi connectivity index (χ2n) is 6.74. The van der Waals surface area contributed by atoms with Crippen LogP contribution in [0.25, 0.3) is 0 Å². The lowest BCUT2D eigenvalue weighted by Gasteiger charge is -2.21. The van der Waals surface area contributed by atoms with Crippen LogP contribution in [0.1, 0.15) is 39.1 Å². The van der Waals surface area contributed by atoms with Crippen molar-refractivity contribution in [2.24, 2.45) is 10.9 Å². The highest BCUT2D eigenvalue weighted by Crippen LogP contribution is 2.18. The van der Waals surface area contributed by atoms with E-state index < -0.39 is 0 Å². The number of nitrogens with one attached hydrogen (secondary N) is 2. The van der Waals surface area contributed by atoms with Crippen LogP contribution in [0.4, 0.5) is 0 Å². The van der Waals surface area contributed by atoms with E-state index in [4.69, 9.17) is 4.99 Å². The fourth-order valence-corrected chi connectivity index (χ4v) is 2.96. The smallest absolute Gasteiger partial charge is 0.191 e. The molecule has 0 bridgehead atoms. The van der Waals surface area contributed by atoms with Crippen molar-refractivity contribution in [1.29, 1.82) is 0 Å². The number of likely N-dealkylation sites (tertiary alicyclic amines) is 1. The summed E-state index contributed by atoms with van der Waals surface area (Å²) in [6.07, 6.45) is 0. The summed E-state index contributed by atoms with van der Waals surface area (Å²) in [6.45, 7) is 14.6. The Bertz CT molecular complexity index is 532. The molecule has 136 valence electrons. The maximum Gasteiger partial charge on any atom is 0.191 e. The molecule has 1 saturated heterocycles. The van der Waals surface area contributed by atoms with Crippen molar-refractivity contribution in [1.82, 2.24) is 20.5 Å². The highest BCUT2D eigenvalue weighted by molar-refractivity contribution is 14.0. The summed E-state index contributed by atoms with van der Waals surface area (Å²) in [4.78, 5) is 11.7. The molecule has 2 N–H and O–H groups in total. The quantitative estimate of drug-likeness (QED) is 0.416. The lowest BCUT2D eigenvalue weighted by molar-refractivity contribution is 0.265. The average Bonchev–Trinajstić information content (AvgIpc) is 2.86. The van der Waals surface area contributed by atoms with Crippen LogP contribution in [-0.2, 0) is 6.54 Å². The second kappa shape index (κ2) is 10.2. The molecule has 1 aliphatic heterocycles. The van der Waals surface area contributed by atoms with Gasteiger partial charge in [0, 0.05) is 37.4 Å². The summed E-state index contributed by atoms with van der Waals surface area (Å²) in [5.74, 6) is 1.51. The van der Waals surface area contributed by atoms with E-state index in [-0.39, 0.29) is 24.0 Å². The van der Waals surface area contributed by atoms with Crippen molar-refractivity contribution in [3.05, 3.63) is 29.6 Å². The number of pyridine rings is 1. The van der Waals surface area contributed by atoms with E-state index in [9.17, 15) is 0 Å². The minimum atomic E-state index is 0. The van der Waals surface area contributed by atoms with E-state index in [2.05, 4.69) is 48.2 Å². The highest BCUT2D eigenvalue weighted by Gasteiger charge is 2.31. The zero-order valence-corrected chi connectivity index (χ0v) is 17.9. The molecule has 1 aromatic heterocycles. The van der Waals surface area contributed by atoms with Gasteiger partial charge in [-0.2, -0.15) is 0 Å². The summed E-state index contributed by atoms with van der Waals surface area (Å²) in [7, 11) is 0. The normalized spacial score (nSPS) is 21.7. The number of halogens is 1. The molecule has 5 nitrogen and oxygen atoms in total. The Morgan fingerprint density at radius 1 is 1.38 bits per heavy atom. The first-order valence-electron chi connectivity index (χ1n) is 8.71. The summed E-state index contributed by atoms with van der Waals surface area (Å²) >= 11 is 0. The molecule has 6 heteroatoms. The average molecular weight is 445 g/mol. The number of aromatic nitrogens is 1. The zero-order valence-electron chi connectivity index (χ0n) is 15.5. The number of aliphatic imine (C=N–C) groups is 1. The van der Waals surface area contributed by atoms with Gasteiger partial charge in [0.1, 0.15) is 0 Å². The van der Waals surface area contributed by atoms with Crippen molar-refractivity contribution in [2.75, 3.05) is 19.6 Å². The van der Waals surface area contributed by atoms with Gasteiger partial charge in [0.15, 0.2) is 5.96 Å². The lowest BCUT2D eigenvalue weighted by Crippen LogP contribution is -2.46. The summed E-state index contributed by atoms with van der Waals surface area (Å²) in [5, 5.41) is 6.96. The zero-order chi connectivity index (χ0) is 16.8. The van der Waals surface area contributed by atoms with Crippen LogP contribution < -0.4 is 10.6 Å². The van der Waals surface area contributed by atoms with Gasteiger partial charge in [-0.05, 0) is 45.7 Å². The van der Waals surface area contributed by atoms with E-state index in [0.29, 0.717) is 24.5 Å². The van der Waals surface area contributed by atoms with Gasteiger partial charge in [0.2, 0.25) is 0 Å². The molecule has 0 aliphatic carbocycles. The van der Waals surface area contributed by atoms with Crippen molar-refractivity contribution in [3.8, 4) is 0 Å². The first-order valence-corrected chi connectivity index (χ1v) is 8.71. The lowest BCUT2D eigenvalue weighted by atomic mass is 10.1. The predicted octanol–water partition coefficient (Wildman–Crippen LogP) is 2.79. The molecule has 24 heavy (non-hydrogen) atoms. The van der Waals surface area contributed by atoms with Crippen LogP contribution in [0.2, 0.25) is 0 Å². The van der Waals surface area contributed by atoms with Crippen molar-refractivity contribution in [3.63, 3.8) is 0 Å². The summed E-state index contributed by atoms with van der Waals surface area (Å²) in [6, 6.07) is 7.12. The van der Waals surface area contributed by atoms with E-state index in [1.807, 2.05) is 25.1 Å². The number of rotatable bonds is 5. The van der Waals surface area contributed by atoms with Crippen LogP contribution in [-0.4, -0.2) is 47.6 Å². The van der Waals surface area contributed by atoms with Gasteiger partial charge in [-0.25, -0.2) is 4.99 Å². The third-order valence-corrected chi connectivity index (χ3v) is 4.38. The Balaban J connectivity index is 0.00000288. The molecule has 0 radical (unpaired) electrons. The number of aryl methyl sites for hydroxylation is 1. The number of hydrogen-bond acceptors (Lipinski definition) is 3. The second-order valence-corrected chi connectivity index (χ2v) is 6.74. The van der Waals surface area contributed by atoms with Crippen LogP contribution >= 0.6 is 24.0 Å². The molecular formula is C18H32IN5. The van der Waals surface area contributed by atoms with Crippen molar-refractivity contribution < 1.29 is 0 Å².